The summed E-state index contributed by atoms with van der Waals surface area (Å²) >= 11 is 0. The highest BCUT2D eigenvalue weighted by atomic mass is 32.2. The van der Waals surface area contributed by atoms with Gasteiger partial charge in [-0.15, -0.1) is 10.2 Å². The Labute approximate surface area is 111 Å². The maximum atomic E-state index is 11.3. The Morgan fingerprint density at radius 3 is 2.68 bits per heavy atom. The largest absolute Gasteiger partial charge is 0.419 e. The molecule has 0 fully saturated rings. The molecule has 1 N–H and O–H groups in total. The molecule has 2 aromatic rings. The average molecular weight is 281 g/mol. The predicted molar refractivity (Wildman–Crippen MR) is 70.8 cm³/mol. The topological polar surface area (TPSA) is 85.1 Å². The van der Waals surface area contributed by atoms with Gasteiger partial charge in [0.05, 0.1) is 12.3 Å². The number of hydrogen-bond acceptors (Lipinski definition) is 5. The van der Waals surface area contributed by atoms with Crippen LogP contribution in [-0.4, -0.2) is 24.4 Å². The Kier molecular flexibility index (Phi) is 3.96. The van der Waals surface area contributed by atoms with Crippen molar-refractivity contribution < 1.29 is 12.8 Å². The predicted octanol–water partition coefficient (Wildman–Crippen LogP) is 1.48. The normalized spacial score (nSPS) is 11.7. The Balaban J connectivity index is 2.14. The van der Waals surface area contributed by atoms with Gasteiger partial charge in [0, 0.05) is 5.56 Å². The second kappa shape index (κ2) is 5.50. The molecule has 2 rings (SSSR count). The molecule has 0 aliphatic heterocycles. The number of nitrogens with one attached hydrogen (secondary N) is 1. The van der Waals surface area contributed by atoms with E-state index in [4.69, 9.17) is 4.42 Å². The first-order chi connectivity index (χ1) is 9.02. The summed E-state index contributed by atoms with van der Waals surface area (Å²) < 4.78 is 30.4. The van der Waals surface area contributed by atoms with Gasteiger partial charge in [-0.1, -0.05) is 18.2 Å². The van der Waals surface area contributed by atoms with Crippen molar-refractivity contribution in [2.24, 2.45) is 0 Å². The van der Waals surface area contributed by atoms with E-state index in [9.17, 15) is 8.42 Å². The molecule has 0 radical (unpaired) electrons. The van der Waals surface area contributed by atoms with Gasteiger partial charge in [-0.2, -0.15) is 0 Å². The molecule has 7 heteroatoms. The van der Waals surface area contributed by atoms with Gasteiger partial charge in [-0.3, -0.25) is 0 Å². The van der Waals surface area contributed by atoms with E-state index < -0.39 is 10.0 Å². The molecule has 1 aromatic carbocycles. The first kappa shape index (κ1) is 13.7. The standard InChI is InChI=1S/C12H15N3O3S/c1-3-19(16,17)13-8-11-14-15-12(18-11)10-7-5-4-6-9(10)2/h4-7,13H,3,8H2,1-2H3. The zero-order valence-electron chi connectivity index (χ0n) is 10.8. The SMILES string of the molecule is CCS(=O)(=O)NCc1nnc(-c2ccccc2C)o1. The second-order valence-electron chi connectivity index (χ2n) is 4.04. The van der Waals surface area contributed by atoms with Gasteiger partial charge in [0.15, 0.2) is 0 Å². The lowest BCUT2D eigenvalue weighted by Crippen LogP contribution is -2.24. The van der Waals surface area contributed by atoms with Gasteiger partial charge in [-0.25, -0.2) is 13.1 Å². The minimum Gasteiger partial charge on any atom is -0.419 e. The van der Waals surface area contributed by atoms with Crippen LogP contribution in [0.1, 0.15) is 18.4 Å². The van der Waals surface area contributed by atoms with Crippen LogP contribution >= 0.6 is 0 Å². The molecule has 0 saturated carbocycles. The minimum atomic E-state index is -3.26. The van der Waals surface area contributed by atoms with Crippen molar-refractivity contribution >= 4 is 10.0 Å². The number of aryl methyl sites for hydroxylation is 1. The zero-order valence-corrected chi connectivity index (χ0v) is 11.6. The van der Waals surface area contributed by atoms with Crippen LogP contribution < -0.4 is 4.72 Å². The van der Waals surface area contributed by atoms with E-state index in [-0.39, 0.29) is 18.2 Å². The number of rotatable bonds is 5. The van der Waals surface area contributed by atoms with Gasteiger partial charge < -0.3 is 4.42 Å². The first-order valence-electron chi connectivity index (χ1n) is 5.87. The molecule has 0 bridgehead atoms. The second-order valence-corrected chi connectivity index (χ2v) is 6.14. The molecular weight excluding hydrogens is 266 g/mol. The average Bonchev–Trinajstić information content (AvgIpc) is 2.86. The van der Waals surface area contributed by atoms with Crippen molar-refractivity contribution in [3.8, 4) is 11.5 Å². The highest BCUT2D eigenvalue weighted by molar-refractivity contribution is 7.89. The molecule has 0 atom stereocenters. The van der Waals surface area contributed by atoms with Crippen LogP contribution in [0.4, 0.5) is 0 Å². The van der Waals surface area contributed by atoms with Crippen LogP contribution in [0.3, 0.4) is 0 Å². The third kappa shape index (κ3) is 3.39. The van der Waals surface area contributed by atoms with Crippen molar-refractivity contribution in [1.29, 1.82) is 0 Å². The first-order valence-corrected chi connectivity index (χ1v) is 7.53. The van der Waals surface area contributed by atoms with Gasteiger partial charge >= 0.3 is 0 Å². The van der Waals surface area contributed by atoms with E-state index in [1.807, 2.05) is 31.2 Å². The Bertz CT molecular complexity index is 664. The highest BCUT2D eigenvalue weighted by Crippen LogP contribution is 2.21. The molecular formula is C12H15N3O3S. The van der Waals surface area contributed by atoms with Gasteiger partial charge in [-0.05, 0) is 25.5 Å². The molecule has 102 valence electrons. The lowest BCUT2D eigenvalue weighted by Gasteiger charge is -2.00. The molecule has 6 nitrogen and oxygen atoms in total. The van der Waals surface area contributed by atoms with Crippen molar-refractivity contribution in [3.05, 3.63) is 35.7 Å². The van der Waals surface area contributed by atoms with Crippen molar-refractivity contribution in [1.82, 2.24) is 14.9 Å². The fraction of sp³-hybridized carbons (Fsp3) is 0.333. The van der Waals surface area contributed by atoms with Gasteiger partial charge in [0.25, 0.3) is 0 Å². The van der Waals surface area contributed by atoms with Gasteiger partial charge in [0.2, 0.25) is 21.8 Å². The third-order valence-electron chi connectivity index (χ3n) is 2.67. The van der Waals surface area contributed by atoms with E-state index in [1.165, 1.54) is 0 Å². The van der Waals surface area contributed by atoms with Crippen molar-refractivity contribution in [2.45, 2.75) is 20.4 Å². The van der Waals surface area contributed by atoms with Crippen LogP contribution in [-0.2, 0) is 16.6 Å². The summed E-state index contributed by atoms with van der Waals surface area (Å²) in [5.41, 5.74) is 1.87. The summed E-state index contributed by atoms with van der Waals surface area (Å²) in [5.74, 6) is 0.658. The molecule has 0 aliphatic carbocycles. The number of aromatic nitrogens is 2. The summed E-state index contributed by atoms with van der Waals surface area (Å²) in [6.45, 7) is 3.52. The fourth-order valence-corrected chi connectivity index (χ4v) is 2.07. The monoisotopic (exact) mass is 281 g/mol. The maximum absolute atomic E-state index is 11.3. The van der Waals surface area contributed by atoms with Crippen LogP contribution in [0.25, 0.3) is 11.5 Å². The third-order valence-corrected chi connectivity index (χ3v) is 4.01. The smallest absolute Gasteiger partial charge is 0.248 e. The quantitative estimate of drug-likeness (QED) is 0.897. The summed E-state index contributed by atoms with van der Waals surface area (Å²) in [6.07, 6.45) is 0. The lowest BCUT2D eigenvalue weighted by atomic mass is 10.1. The number of hydrogen-bond donors (Lipinski definition) is 1. The van der Waals surface area contributed by atoms with Crippen molar-refractivity contribution in [2.75, 3.05) is 5.75 Å². The summed E-state index contributed by atoms with van der Waals surface area (Å²) in [7, 11) is -3.26. The van der Waals surface area contributed by atoms with E-state index in [1.54, 1.807) is 6.92 Å². The van der Waals surface area contributed by atoms with E-state index in [0.717, 1.165) is 11.1 Å². The minimum absolute atomic E-state index is 0.00898. The van der Waals surface area contributed by atoms with E-state index in [2.05, 4.69) is 14.9 Å². The molecule has 0 unspecified atom stereocenters. The molecule has 0 aliphatic rings. The Hall–Kier alpha value is -1.73. The molecule has 0 saturated heterocycles. The van der Waals surface area contributed by atoms with E-state index in [0.29, 0.717) is 5.89 Å². The van der Waals surface area contributed by atoms with Gasteiger partial charge in [0.1, 0.15) is 0 Å². The summed E-state index contributed by atoms with van der Waals surface area (Å²) in [6, 6.07) is 7.62. The maximum Gasteiger partial charge on any atom is 0.248 e. The number of nitrogens with zero attached hydrogens (tertiary/aromatic N) is 2. The van der Waals surface area contributed by atoms with Crippen LogP contribution in [0.5, 0.6) is 0 Å². The molecule has 0 spiro atoms. The lowest BCUT2D eigenvalue weighted by molar-refractivity contribution is 0.494. The zero-order chi connectivity index (χ0) is 13.9. The molecule has 1 aromatic heterocycles. The number of sulfonamides is 1. The van der Waals surface area contributed by atoms with Crippen LogP contribution in [0, 0.1) is 6.92 Å². The molecule has 0 amide bonds. The summed E-state index contributed by atoms with van der Waals surface area (Å²) in [5, 5.41) is 7.75. The molecule has 1 heterocycles. The number of benzene rings is 1. The Morgan fingerprint density at radius 2 is 2.00 bits per heavy atom. The van der Waals surface area contributed by atoms with E-state index >= 15 is 0 Å². The van der Waals surface area contributed by atoms with Crippen molar-refractivity contribution in [3.63, 3.8) is 0 Å². The van der Waals surface area contributed by atoms with Crippen LogP contribution in [0.2, 0.25) is 0 Å². The molecule has 19 heavy (non-hydrogen) atoms. The fourth-order valence-electron chi connectivity index (χ4n) is 1.52. The van der Waals surface area contributed by atoms with Crippen LogP contribution in [0.15, 0.2) is 28.7 Å². The summed E-state index contributed by atoms with van der Waals surface area (Å²) in [4.78, 5) is 0. The Morgan fingerprint density at radius 1 is 1.26 bits per heavy atom. The highest BCUT2D eigenvalue weighted by Gasteiger charge is 2.12.